The number of hydrogen-bond acceptors (Lipinski definition) is 5. The Labute approximate surface area is 163 Å². The average Bonchev–Trinajstić information content (AvgIpc) is 3.09. The second-order valence-electron chi connectivity index (χ2n) is 5.52. The monoisotopic (exact) mass is 406 g/mol. The molecule has 3 aromatic rings. The maximum Gasteiger partial charge on any atom is 0.270 e. The summed E-state index contributed by atoms with van der Waals surface area (Å²) in [6, 6.07) is 12.4. The molecule has 0 unspecified atom stereocenters. The van der Waals surface area contributed by atoms with E-state index in [4.69, 9.17) is 32.7 Å². The first-order valence-electron chi connectivity index (χ1n) is 7.70. The highest BCUT2D eigenvalue weighted by Gasteiger charge is 2.28. The van der Waals surface area contributed by atoms with Crippen molar-refractivity contribution in [1.29, 1.82) is 0 Å². The minimum atomic E-state index is -0.739. The Morgan fingerprint density at radius 1 is 1.19 bits per heavy atom. The molecule has 0 fully saturated rings. The third-order valence-electron chi connectivity index (χ3n) is 3.74. The van der Waals surface area contributed by atoms with Crippen LogP contribution in [0.2, 0.25) is 10.0 Å². The molecule has 1 aromatic heterocycles. The fourth-order valence-electron chi connectivity index (χ4n) is 2.49. The van der Waals surface area contributed by atoms with Crippen LogP contribution in [0.3, 0.4) is 0 Å². The van der Waals surface area contributed by atoms with Crippen molar-refractivity contribution in [3.8, 4) is 22.8 Å². The Hall–Kier alpha value is -2.28. The number of halogens is 2. The van der Waals surface area contributed by atoms with Crippen molar-refractivity contribution in [2.45, 2.75) is 6.10 Å². The van der Waals surface area contributed by atoms with E-state index in [0.29, 0.717) is 32.4 Å². The SMILES string of the molecule is O=C(Nc1nc(-c2ccc(Cl)cc2Cl)cs1)[C@@H]1COc2ccccc2O1. The van der Waals surface area contributed by atoms with E-state index in [1.165, 1.54) is 11.3 Å². The molecule has 5 nitrogen and oxygen atoms in total. The number of benzene rings is 2. The van der Waals surface area contributed by atoms with Crippen molar-refractivity contribution in [3.05, 3.63) is 57.9 Å². The Morgan fingerprint density at radius 3 is 2.81 bits per heavy atom. The molecule has 0 aliphatic carbocycles. The highest BCUT2D eigenvalue weighted by atomic mass is 35.5. The van der Waals surface area contributed by atoms with Gasteiger partial charge in [0.15, 0.2) is 16.6 Å². The fraction of sp³-hybridized carbons (Fsp3) is 0.111. The Morgan fingerprint density at radius 2 is 2.00 bits per heavy atom. The molecule has 0 saturated heterocycles. The van der Waals surface area contributed by atoms with Crippen LogP contribution in [0.25, 0.3) is 11.3 Å². The zero-order valence-electron chi connectivity index (χ0n) is 13.2. The van der Waals surface area contributed by atoms with E-state index >= 15 is 0 Å². The second-order valence-corrected chi connectivity index (χ2v) is 7.22. The quantitative estimate of drug-likeness (QED) is 0.671. The first kappa shape index (κ1) is 17.1. The largest absolute Gasteiger partial charge is 0.485 e. The molecule has 1 aliphatic rings. The summed E-state index contributed by atoms with van der Waals surface area (Å²) in [5.74, 6) is 0.861. The lowest BCUT2D eigenvalue weighted by Crippen LogP contribution is -2.40. The molecule has 8 heteroatoms. The van der Waals surface area contributed by atoms with Crippen molar-refractivity contribution in [2.24, 2.45) is 0 Å². The van der Waals surface area contributed by atoms with Gasteiger partial charge in [0.2, 0.25) is 6.10 Å². The number of rotatable bonds is 3. The number of thiazole rings is 1. The van der Waals surface area contributed by atoms with E-state index < -0.39 is 6.10 Å². The molecule has 0 radical (unpaired) electrons. The summed E-state index contributed by atoms with van der Waals surface area (Å²) >= 11 is 13.4. The Kier molecular flexibility index (Phi) is 4.72. The number of carbonyl (C=O) groups excluding carboxylic acids is 1. The fourth-order valence-corrected chi connectivity index (χ4v) is 3.71. The first-order chi connectivity index (χ1) is 12.6. The second kappa shape index (κ2) is 7.15. The zero-order chi connectivity index (χ0) is 18.1. The van der Waals surface area contributed by atoms with Crippen molar-refractivity contribution in [2.75, 3.05) is 11.9 Å². The van der Waals surface area contributed by atoms with Crippen LogP contribution >= 0.6 is 34.5 Å². The van der Waals surface area contributed by atoms with E-state index in [0.717, 1.165) is 5.56 Å². The number of nitrogens with zero attached hydrogens (tertiary/aromatic N) is 1. The van der Waals surface area contributed by atoms with Crippen LogP contribution < -0.4 is 14.8 Å². The lowest BCUT2D eigenvalue weighted by molar-refractivity contribution is -0.125. The minimum absolute atomic E-state index is 0.143. The number of para-hydroxylation sites is 2. The summed E-state index contributed by atoms with van der Waals surface area (Å²) in [4.78, 5) is 16.9. The number of hydrogen-bond donors (Lipinski definition) is 1. The maximum atomic E-state index is 12.4. The normalized spacial score (nSPS) is 15.5. The molecule has 1 amide bonds. The number of anilines is 1. The smallest absolute Gasteiger partial charge is 0.270 e. The van der Waals surface area contributed by atoms with Gasteiger partial charge in [-0.2, -0.15) is 0 Å². The van der Waals surface area contributed by atoms with Gasteiger partial charge >= 0.3 is 0 Å². The van der Waals surface area contributed by atoms with Crippen LogP contribution in [0.1, 0.15) is 0 Å². The highest BCUT2D eigenvalue weighted by Crippen LogP contribution is 2.33. The topological polar surface area (TPSA) is 60.5 Å². The first-order valence-corrected chi connectivity index (χ1v) is 9.34. The van der Waals surface area contributed by atoms with Crippen LogP contribution in [0.5, 0.6) is 11.5 Å². The number of ether oxygens (including phenoxy) is 2. The standard InChI is InChI=1S/C18H12Cl2N2O3S/c19-10-5-6-11(12(20)7-10)13-9-26-18(21-13)22-17(23)16-8-24-14-3-1-2-4-15(14)25-16/h1-7,9,16H,8H2,(H,21,22,23)/t16-/m0/s1. The van der Waals surface area contributed by atoms with Crippen molar-refractivity contribution in [3.63, 3.8) is 0 Å². The summed E-state index contributed by atoms with van der Waals surface area (Å²) in [6.07, 6.45) is -0.739. The number of nitrogens with one attached hydrogen (secondary N) is 1. The van der Waals surface area contributed by atoms with Crippen LogP contribution in [-0.2, 0) is 4.79 Å². The summed E-state index contributed by atoms with van der Waals surface area (Å²) in [5, 5.41) is 6.09. The molecule has 1 atom stereocenters. The number of fused-ring (bicyclic) bond motifs is 1. The highest BCUT2D eigenvalue weighted by molar-refractivity contribution is 7.14. The molecule has 1 N–H and O–H groups in total. The number of amides is 1. The predicted molar refractivity (Wildman–Crippen MR) is 103 cm³/mol. The molecule has 132 valence electrons. The van der Waals surface area contributed by atoms with Crippen LogP contribution in [0.15, 0.2) is 47.8 Å². The van der Waals surface area contributed by atoms with Crippen molar-refractivity contribution < 1.29 is 14.3 Å². The van der Waals surface area contributed by atoms with Gasteiger partial charge < -0.3 is 9.47 Å². The van der Waals surface area contributed by atoms with Gasteiger partial charge in [-0.15, -0.1) is 11.3 Å². The van der Waals surface area contributed by atoms with Crippen LogP contribution in [0.4, 0.5) is 5.13 Å². The van der Waals surface area contributed by atoms with Gasteiger partial charge in [-0.05, 0) is 30.3 Å². The summed E-state index contributed by atoms with van der Waals surface area (Å²) in [6.45, 7) is 0.143. The molecule has 2 heterocycles. The zero-order valence-corrected chi connectivity index (χ0v) is 15.6. The van der Waals surface area contributed by atoms with Gasteiger partial charge in [0.25, 0.3) is 5.91 Å². The van der Waals surface area contributed by atoms with Gasteiger partial charge in [-0.25, -0.2) is 4.98 Å². The van der Waals surface area contributed by atoms with Gasteiger partial charge in [0, 0.05) is 16.0 Å². The summed E-state index contributed by atoms with van der Waals surface area (Å²) in [7, 11) is 0. The average molecular weight is 407 g/mol. The lowest BCUT2D eigenvalue weighted by Gasteiger charge is -2.25. The third-order valence-corrected chi connectivity index (χ3v) is 5.05. The predicted octanol–water partition coefficient (Wildman–Crippen LogP) is 4.90. The summed E-state index contributed by atoms with van der Waals surface area (Å²) in [5.41, 5.74) is 1.41. The van der Waals surface area contributed by atoms with Crippen LogP contribution in [0, 0.1) is 0 Å². The molecule has 2 aromatic carbocycles. The molecule has 1 aliphatic heterocycles. The summed E-state index contributed by atoms with van der Waals surface area (Å²) < 4.78 is 11.3. The van der Waals surface area contributed by atoms with Gasteiger partial charge in [-0.1, -0.05) is 35.3 Å². The van der Waals surface area contributed by atoms with E-state index in [1.807, 2.05) is 17.5 Å². The van der Waals surface area contributed by atoms with E-state index in [2.05, 4.69) is 10.3 Å². The molecule has 26 heavy (non-hydrogen) atoms. The Bertz CT molecular complexity index is 977. The maximum absolute atomic E-state index is 12.4. The van der Waals surface area contributed by atoms with E-state index in [1.54, 1.807) is 30.3 Å². The van der Waals surface area contributed by atoms with Gasteiger partial charge in [-0.3, -0.25) is 10.1 Å². The van der Waals surface area contributed by atoms with Crippen LogP contribution in [-0.4, -0.2) is 23.6 Å². The van der Waals surface area contributed by atoms with Gasteiger partial charge in [0.05, 0.1) is 10.7 Å². The molecular weight excluding hydrogens is 395 g/mol. The number of aromatic nitrogens is 1. The minimum Gasteiger partial charge on any atom is -0.485 e. The number of carbonyl (C=O) groups is 1. The molecule has 0 bridgehead atoms. The lowest BCUT2D eigenvalue weighted by atomic mass is 10.2. The Balaban J connectivity index is 1.47. The van der Waals surface area contributed by atoms with E-state index in [9.17, 15) is 4.79 Å². The van der Waals surface area contributed by atoms with E-state index in [-0.39, 0.29) is 12.5 Å². The molecule has 4 rings (SSSR count). The molecule has 0 spiro atoms. The van der Waals surface area contributed by atoms with Gasteiger partial charge in [0.1, 0.15) is 6.61 Å². The molecule has 0 saturated carbocycles. The van der Waals surface area contributed by atoms with Crippen molar-refractivity contribution >= 4 is 45.6 Å². The van der Waals surface area contributed by atoms with Crippen molar-refractivity contribution in [1.82, 2.24) is 4.98 Å². The third kappa shape index (κ3) is 3.49. The molecular formula is C18H12Cl2N2O3S.